The summed E-state index contributed by atoms with van der Waals surface area (Å²) >= 11 is 0. The van der Waals surface area contributed by atoms with E-state index in [0.717, 1.165) is 11.2 Å². The van der Waals surface area contributed by atoms with Gasteiger partial charge in [-0.3, -0.25) is 9.78 Å². The Morgan fingerprint density at radius 3 is 2.86 bits per heavy atom. The van der Waals surface area contributed by atoms with Crippen molar-refractivity contribution in [3.63, 3.8) is 0 Å². The Morgan fingerprint density at radius 2 is 2.05 bits per heavy atom. The number of fused-ring (bicyclic) bond motifs is 1. The molecule has 5 heteroatoms. The molecule has 3 rings (SSSR count). The molecule has 21 heavy (non-hydrogen) atoms. The number of hydrogen-bond donors (Lipinski definition) is 1. The number of oxazole rings is 1. The van der Waals surface area contributed by atoms with Gasteiger partial charge in [-0.15, -0.1) is 0 Å². The molecule has 0 radical (unpaired) electrons. The van der Waals surface area contributed by atoms with Crippen molar-refractivity contribution in [1.29, 1.82) is 0 Å². The van der Waals surface area contributed by atoms with Gasteiger partial charge in [-0.25, -0.2) is 4.98 Å². The molecule has 1 aromatic carbocycles. The molecule has 0 aliphatic rings. The maximum atomic E-state index is 11.7. The van der Waals surface area contributed by atoms with E-state index in [1.165, 1.54) is 6.08 Å². The summed E-state index contributed by atoms with van der Waals surface area (Å²) in [4.78, 5) is 20.1. The largest absolute Gasteiger partial charge is 0.437 e. The Kier molecular flexibility index (Phi) is 3.73. The van der Waals surface area contributed by atoms with E-state index in [4.69, 9.17) is 4.42 Å². The zero-order chi connectivity index (χ0) is 14.5. The summed E-state index contributed by atoms with van der Waals surface area (Å²) in [6.45, 7) is 0.386. The minimum Gasteiger partial charge on any atom is -0.437 e. The average Bonchev–Trinajstić information content (AvgIpc) is 2.95. The number of amides is 1. The first kappa shape index (κ1) is 13.1. The molecule has 0 aliphatic heterocycles. The maximum absolute atomic E-state index is 11.7. The molecule has 0 spiro atoms. The van der Waals surface area contributed by atoms with Crippen molar-refractivity contribution >= 4 is 23.1 Å². The van der Waals surface area contributed by atoms with Crippen LogP contribution in [0.1, 0.15) is 11.6 Å². The number of nitrogens with zero attached hydrogens (tertiary/aromatic N) is 2. The van der Waals surface area contributed by atoms with Gasteiger partial charge >= 0.3 is 0 Å². The van der Waals surface area contributed by atoms with Crippen LogP contribution < -0.4 is 5.32 Å². The number of benzene rings is 1. The molecule has 0 saturated heterocycles. The summed E-state index contributed by atoms with van der Waals surface area (Å²) in [6, 6.07) is 13.0. The van der Waals surface area contributed by atoms with Crippen LogP contribution in [-0.4, -0.2) is 15.9 Å². The second kappa shape index (κ2) is 6.00. The Morgan fingerprint density at radius 1 is 1.19 bits per heavy atom. The number of pyridine rings is 1. The highest BCUT2D eigenvalue weighted by atomic mass is 16.3. The van der Waals surface area contributed by atoms with Crippen molar-refractivity contribution in [1.82, 2.24) is 15.3 Å². The minimum absolute atomic E-state index is 0.220. The Bertz CT molecular complexity index is 745. The van der Waals surface area contributed by atoms with Crippen LogP contribution in [0.25, 0.3) is 17.2 Å². The second-order valence-electron chi connectivity index (χ2n) is 4.39. The highest BCUT2D eigenvalue weighted by Crippen LogP contribution is 2.15. The summed E-state index contributed by atoms with van der Waals surface area (Å²) in [7, 11) is 0. The monoisotopic (exact) mass is 279 g/mol. The molecular formula is C16H13N3O2. The maximum Gasteiger partial charge on any atom is 0.244 e. The van der Waals surface area contributed by atoms with Gasteiger partial charge in [0.05, 0.1) is 12.2 Å². The molecule has 5 nitrogen and oxygen atoms in total. The number of nitrogens with one attached hydrogen (secondary N) is 1. The van der Waals surface area contributed by atoms with Gasteiger partial charge in [0.2, 0.25) is 11.8 Å². The van der Waals surface area contributed by atoms with Crippen molar-refractivity contribution in [3.8, 4) is 0 Å². The molecular weight excluding hydrogens is 266 g/mol. The SMILES string of the molecule is O=C(/C=C/c1nc2ccccc2o1)NCc1ccccn1. The van der Waals surface area contributed by atoms with Crippen LogP contribution in [0.5, 0.6) is 0 Å². The van der Waals surface area contributed by atoms with E-state index in [2.05, 4.69) is 15.3 Å². The van der Waals surface area contributed by atoms with E-state index in [9.17, 15) is 4.79 Å². The quantitative estimate of drug-likeness (QED) is 0.745. The first-order valence-electron chi connectivity index (χ1n) is 6.53. The molecule has 2 heterocycles. The van der Waals surface area contributed by atoms with Crippen molar-refractivity contribution in [2.24, 2.45) is 0 Å². The predicted molar refractivity (Wildman–Crippen MR) is 79.1 cm³/mol. The van der Waals surface area contributed by atoms with Crippen LogP contribution in [-0.2, 0) is 11.3 Å². The zero-order valence-corrected chi connectivity index (χ0v) is 11.2. The predicted octanol–water partition coefficient (Wildman–Crippen LogP) is 2.55. The number of carbonyl (C=O) groups is 1. The van der Waals surface area contributed by atoms with Crippen LogP contribution in [0.2, 0.25) is 0 Å². The molecule has 0 bridgehead atoms. The number of hydrogen-bond acceptors (Lipinski definition) is 4. The van der Waals surface area contributed by atoms with Gasteiger partial charge in [-0.1, -0.05) is 18.2 Å². The fraction of sp³-hybridized carbons (Fsp3) is 0.0625. The van der Waals surface area contributed by atoms with Gasteiger partial charge in [0.25, 0.3) is 0 Å². The van der Waals surface area contributed by atoms with Gasteiger partial charge in [-0.05, 0) is 24.3 Å². The lowest BCUT2D eigenvalue weighted by molar-refractivity contribution is -0.116. The fourth-order valence-electron chi connectivity index (χ4n) is 1.85. The van der Waals surface area contributed by atoms with Crippen molar-refractivity contribution in [2.75, 3.05) is 0 Å². The topological polar surface area (TPSA) is 68.0 Å². The Labute approximate surface area is 121 Å². The molecule has 3 aromatic rings. The van der Waals surface area contributed by atoms with E-state index in [1.807, 2.05) is 42.5 Å². The first-order valence-corrected chi connectivity index (χ1v) is 6.53. The highest BCUT2D eigenvalue weighted by molar-refractivity contribution is 5.91. The molecule has 1 amide bonds. The third-order valence-electron chi connectivity index (χ3n) is 2.86. The van der Waals surface area contributed by atoms with E-state index in [-0.39, 0.29) is 5.91 Å². The fourth-order valence-corrected chi connectivity index (χ4v) is 1.85. The van der Waals surface area contributed by atoms with Crippen LogP contribution in [0, 0.1) is 0 Å². The van der Waals surface area contributed by atoms with E-state index >= 15 is 0 Å². The minimum atomic E-state index is -0.220. The lowest BCUT2D eigenvalue weighted by atomic mass is 10.3. The van der Waals surface area contributed by atoms with Gasteiger partial charge in [0.1, 0.15) is 5.52 Å². The normalized spacial score (nSPS) is 11.0. The zero-order valence-electron chi connectivity index (χ0n) is 11.2. The summed E-state index contributed by atoms with van der Waals surface area (Å²) in [6.07, 6.45) is 4.64. The summed E-state index contributed by atoms with van der Waals surface area (Å²) < 4.78 is 5.49. The third-order valence-corrected chi connectivity index (χ3v) is 2.86. The number of para-hydroxylation sites is 2. The molecule has 0 fully saturated rings. The molecule has 1 N–H and O–H groups in total. The Hall–Kier alpha value is -2.95. The lowest BCUT2D eigenvalue weighted by Gasteiger charge is -2.00. The lowest BCUT2D eigenvalue weighted by Crippen LogP contribution is -2.20. The van der Waals surface area contributed by atoms with E-state index < -0.39 is 0 Å². The molecule has 2 aromatic heterocycles. The Balaban J connectivity index is 1.61. The van der Waals surface area contributed by atoms with Gasteiger partial charge in [-0.2, -0.15) is 0 Å². The number of rotatable bonds is 4. The second-order valence-corrected chi connectivity index (χ2v) is 4.39. The van der Waals surface area contributed by atoms with Crippen molar-refractivity contribution < 1.29 is 9.21 Å². The van der Waals surface area contributed by atoms with Crippen LogP contribution >= 0.6 is 0 Å². The van der Waals surface area contributed by atoms with Crippen LogP contribution in [0.15, 0.2) is 59.2 Å². The number of aromatic nitrogens is 2. The molecule has 0 saturated carbocycles. The van der Waals surface area contributed by atoms with Gasteiger partial charge < -0.3 is 9.73 Å². The molecule has 0 unspecified atom stereocenters. The summed E-state index contributed by atoms with van der Waals surface area (Å²) in [5.74, 6) is 0.187. The standard InChI is InChI=1S/C16H13N3O2/c20-15(18-11-12-5-3-4-10-17-12)8-9-16-19-13-6-1-2-7-14(13)21-16/h1-10H,11H2,(H,18,20)/b9-8+. The van der Waals surface area contributed by atoms with Crippen molar-refractivity contribution in [3.05, 3.63) is 66.3 Å². The summed E-state index contributed by atoms with van der Waals surface area (Å²) in [5, 5.41) is 2.75. The van der Waals surface area contributed by atoms with Gasteiger partial charge in [0, 0.05) is 18.3 Å². The molecule has 0 aliphatic carbocycles. The summed E-state index contributed by atoms with van der Waals surface area (Å²) in [5.41, 5.74) is 2.28. The van der Waals surface area contributed by atoms with Crippen molar-refractivity contribution in [2.45, 2.75) is 6.54 Å². The van der Waals surface area contributed by atoms with Crippen LogP contribution in [0.3, 0.4) is 0 Å². The number of carbonyl (C=O) groups excluding carboxylic acids is 1. The molecule has 0 atom stereocenters. The smallest absolute Gasteiger partial charge is 0.244 e. The van der Waals surface area contributed by atoms with Gasteiger partial charge in [0.15, 0.2) is 5.58 Å². The first-order chi connectivity index (χ1) is 10.3. The molecule has 104 valence electrons. The third kappa shape index (κ3) is 3.33. The van der Waals surface area contributed by atoms with E-state index in [1.54, 1.807) is 12.3 Å². The highest BCUT2D eigenvalue weighted by Gasteiger charge is 2.02. The van der Waals surface area contributed by atoms with E-state index in [0.29, 0.717) is 18.0 Å². The van der Waals surface area contributed by atoms with Crippen LogP contribution in [0.4, 0.5) is 0 Å². The average molecular weight is 279 g/mol.